The molecule has 0 saturated carbocycles. The van der Waals surface area contributed by atoms with Crippen molar-refractivity contribution < 1.29 is 9.66 Å². The van der Waals surface area contributed by atoms with Gasteiger partial charge in [-0.3, -0.25) is 10.1 Å². The number of nitro groups is 1. The number of nitrogens with one attached hydrogen (secondary N) is 1. The van der Waals surface area contributed by atoms with Crippen molar-refractivity contribution in [2.45, 2.75) is 18.9 Å². The second kappa shape index (κ2) is 4.63. The van der Waals surface area contributed by atoms with Crippen molar-refractivity contribution in [3.05, 3.63) is 33.9 Å². The van der Waals surface area contributed by atoms with Gasteiger partial charge in [-0.05, 0) is 25.5 Å². The number of benzene rings is 1. The summed E-state index contributed by atoms with van der Waals surface area (Å²) >= 11 is 0. The van der Waals surface area contributed by atoms with Gasteiger partial charge in [0.25, 0.3) is 5.69 Å². The highest BCUT2D eigenvalue weighted by atomic mass is 16.6. The zero-order chi connectivity index (χ0) is 13.2. The van der Waals surface area contributed by atoms with Gasteiger partial charge in [-0.15, -0.1) is 0 Å². The molecule has 1 unspecified atom stereocenters. The molecule has 1 saturated heterocycles. The van der Waals surface area contributed by atoms with Crippen LogP contribution in [0.5, 0.6) is 0 Å². The summed E-state index contributed by atoms with van der Waals surface area (Å²) in [6, 6.07) is 6.34. The summed E-state index contributed by atoms with van der Waals surface area (Å²) in [4.78, 5) is 10.3. The topological polar surface area (TPSA) is 88.2 Å². The fourth-order valence-corrected chi connectivity index (χ4v) is 1.97. The molecule has 1 aromatic carbocycles. The normalized spacial score (nSPS) is 22.4. The van der Waals surface area contributed by atoms with Crippen LogP contribution in [0.3, 0.4) is 0 Å². The maximum atomic E-state index is 10.9. The van der Waals surface area contributed by atoms with Gasteiger partial charge < -0.3 is 10.1 Å². The van der Waals surface area contributed by atoms with Crippen LogP contribution in [-0.2, 0) is 4.74 Å². The number of hydrogen-bond acceptors (Lipinski definition) is 5. The number of hydrogen-bond donors (Lipinski definition) is 1. The Morgan fingerprint density at radius 1 is 1.61 bits per heavy atom. The van der Waals surface area contributed by atoms with Gasteiger partial charge in [-0.2, -0.15) is 5.26 Å². The van der Waals surface area contributed by atoms with E-state index in [9.17, 15) is 10.1 Å². The molecule has 0 radical (unpaired) electrons. The molecule has 2 rings (SSSR count). The summed E-state index contributed by atoms with van der Waals surface area (Å²) in [7, 11) is 0. The molecule has 1 N–H and O–H groups in total. The summed E-state index contributed by atoms with van der Waals surface area (Å²) in [5, 5.41) is 22.9. The van der Waals surface area contributed by atoms with Crippen molar-refractivity contribution >= 4 is 11.4 Å². The summed E-state index contributed by atoms with van der Waals surface area (Å²) in [5.41, 5.74) is 0.319. The third-order valence-electron chi connectivity index (χ3n) is 2.98. The Bertz CT molecular complexity index is 516. The van der Waals surface area contributed by atoms with Crippen LogP contribution in [0.15, 0.2) is 18.2 Å². The van der Waals surface area contributed by atoms with E-state index in [0.29, 0.717) is 18.9 Å². The molecule has 1 aliphatic heterocycles. The van der Waals surface area contributed by atoms with Gasteiger partial charge in [0.05, 0.1) is 17.1 Å². The fraction of sp³-hybridized carbons (Fsp3) is 0.417. The Labute approximate surface area is 104 Å². The molecule has 0 spiro atoms. The van der Waals surface area contributed by atoms with E-state index in [1.54, 1.807) is 6.07 Å². The highest BCUT2D eigenvalue weighted by Gasteiger charge is 2.29. The first-order chi connectivity index (χ1) is 8.54. The molecule has 1 heterocycles. The van der Waals surface area contributed by atoms with E-state index < -0.39 is 4.92 Å². The van der Waals surface area contributed by atoms with E-state index in [4.69, 9.17) is 10.00 Å². The van der Waals surface area contributed by atoms with Gasteiger partial charge in [0, 0.05) is 18.4 Å². The molecule has 1 aliphatic rings. The zero-order valence-electron chi connectivity index (χ0n) is 9.97. The van der Waals surface area contributed by atoms with Crippen molar-refractivity contribution in [2.75, 3.05) is 18.5 Å². The van der Waals surface area contributed by atoms with Crippen molar-refractivity contribution in [1.29, 1.82) is 5.26 Å². The summed E-state index contributed by atoms with van der Waals surface area (Å²) in [5.74, 6) is 0. The van der Waals surface area contributed by atoms with Gasteiger partial charge >= 0.3 is 0 Å². The molecule has 18 heavy (non-hydrogen) atoms. The molecule has 6 nitrogen and oxygen atoms in total. The van der Waals surface area contributed by atoms with Crippen molar-refractivity contribution in [2.24, 2.45) is 0 Å². The largest absolute Gasteiger partial charge is 0.379 e. The van der Waals surface area contributed by atoms with Crippen LogP contribution in [0.2, 0.25) is 0 Å². The average Bonchev–Trinajstić information content (AvgIpc) is 2.75. The van der Waals surface area contributed by atoms with E-state index in [0.717, 1.165) is 6.42 Å². The SMILES string of the molecule is CC1(Nc2ccc(C#N)c([N+](=O)[O-])c2)CCOC1. The molecule has 1 atom stereocenters. The average molecular weight is 247 g/mol. The van der Waals surface area contributed by atoms with E-state index in [-0.39, 0.29) is 16.8 Å². The number of rotatable bonds is 3. The van der Waals surface area contributed by atoms with E-state index in [2.05, 4.69) is 5.32 Å². The van der Waals surface area contributed by atoms with E-state index in [1.807, 2.05) is 13.0 Å². The minimum Gasteiger partial charge on any atom is -0.379 e. The minimum atomic E-state index is -0.544. The van der Waals surface area contributed by atoms with Gasteiger partial charge in [0.1, 0.15) is 11.6 Å². The number of anilines is 1. The lowest BCUT2D eigenvalue weighted by Crippen LogP contribution is -2.34. The molecular weight excluding hydrogens is 234 g/mol. The first kappa shape index (κ1) is 12.3. The predicted molar refractivity (Wildman–Crippen MR) is 65.3 cm³/mol. The smallest absolute Gasteiger partial charge is 0.289 e. The maximum absolute atomic E-state index is 10.9. The summed E-state index contributed by atoms with van der Waals surface area (Å²) in [6.45, 7) is 3.26. The maximum Gasteiger partial charge on any atom is 0.289 e. The number of nitrogens with zero attached hydrogens (tertiary/aromatic N) is 2. The van der Waals surface area contributed by atoms with Crippen LogP contribution in [0.4, 0.5) is 11.4 Å². The molecule has 1 fully saturated rings. The molecule has 6 heteroatoms. The van der Waals surface area contributed by atoms with Crippen LogP contribution in [0.1, 0.15) is 18.9 Å². The Balaban J connectivity index is 2.27. The zero-order valence-corrected chi connectivity index (χ0v) is 9.97. The first-order valence-electron chi connectivity index (χ1n) is 5.58. The van der Waals surface area contributed by atoms with Crippen molar-refractivity contribution in [1.82, 2.24) is 0 Å². The van der Waals surface area contributed by atoms with E-state index in [1.165, 1.54) is 12.1 Å². The Morgan fingerprint density at radius 3 is 2.94 bits per heavy atom. The van der Waals surface area contributed by atoms with Crippen LogP contribution in [0, 0.1) is 21.4 Å². The molecule has 0 bridgehead atoms. The quantitative estimate of drug-likeness (QED) is 0.652. The first-order valence-corrected chi connectivity index (χ1v) is 5.58. The molecule has 0 amide bonds. The lowest BCUT2D eigenvalue weighted by atomic mass is 10.0. The lowest BCUT2D eigenvalue weighted by Gasteiger charge is -2.24. The second-order valence-electron chi connectivity index (χ2n) is 4.59. The Kier molecular flexibility index (Phi) is 3.17. The van der Waals surface area contributed by atoms with Gasteiger partial charge in [-0.1, -0.05) is 0 Å². The monoisotopic (exact) mass is 247 g/mol. The van der Waals surface area contributed by atoms with Crippen molar-refractivity contribution in [3.8, 4) is 6.07 Å². The Hall–Kier alpha value is -2.13. The summed E-state index contributed by atoms with van der Waals surface area (Å²) < 4.78 is 5.31. The summed E-state index contributed by atoms with van der Waals surface area (Å²) in [6.07, 6.45) is 0.848. The number of nitriles is 1. The van der Waals surface area contributed by atoms with Crippen LogP contribution >= 0.6 is 0 Å². The number of nitro benzene ring substituents is 1. The molecule has 0 aromatic heterocycles. The third-order valence-corrected chi connectivity index (χ3v) is 2.98. The fourth-order valence-electron chi connectivity index (χ4n) is 1.97. The van der Waals surface area contributed by atoms with Crippen LogP contribution in [0.25, 0.3) is 0 Å². The van der Waals surface area contributed by atoms with Crippen LogP contribution in [-0.4, -0.2) is 23.7 Å². The number of ether oxygens (including phenoxy) is 1. The standard InChI is InChI=1S/C12H13N3O3/c1-12(4-5-18-8-12)14-10-3-2-9(7-13)11(6-10)15(16)17/h2-3,6,14H,4-5,8H2,1H3. The predicted octanol–water partition coefficient (Wildman–Crippen LogP) is 2.06. The Morgan fingerprint density at radius 2 is 2.39 bits per heavy atom. The highest BCUT2D eigenvalue weighted by Crippen LogP contribution is 2.27. The molecule has 0 aliphatic carbocycles. The lowest BCUT2D eigenvalue weighted by molar-refractivity contribution is -0.385. The van der Waals surface area contributed by atoms with E-state index >= 15 is 0 Å². The van der Waals surface area contributed by atoms with Crippen LogP contribution < -0.4 is 5.32 Å². The highest BCUT2D eigenvalue weighted by molar-refractivity contribution is 5.60. The molecular formula is C12H13N3O3. The van der Waals surface area contributed by atoms with Gasteiger partial charge in [-0.25, -0.2) is 0 Å². The molecule has 1 aromatic rings. The molecule has 94 valence electrons. The van der Waals surface area contributed by atoms with Crippen molar-refractivity contribution in [3.63, 3.8) is 0 Å². The third kappa shape index (κ3) is 2.41. The second-order valence-corrected chi connectivity index (χ2v) is 4.59. The minimum absolute atomic E-state index is 0.0679. The van der Waals surface area contributed by atoms with Gasteiger partial charge in [0.2, 0.25) is 0 Å². The van der Waals surface area contributed by atoms with Gasteiger partial charge in [0.15, 0.2) is 0 Å².